The number of rotatable bonds is 3. The molecule has 1 aromatic carbocycles. The van der Waals surface area contributed by atoms with E-state index in [4.69, 9.17) is 14.8 Å². The van der Waals surface area contributed by atoms with E-state index in [1.165, 1.54) is 18.2 Å². The van der Waals surface area contributed by atoms with Crippen molar-refractivity contribution in [2.75, 3.05) is 0 Å². The molecule has 2 N–H and O–H groups in total. The first-order valence-corrected chi connectivity index (χ1v) is 5.49. The SMILES string of the molecule is OB(O)c1cc(OC2CCCC2)ccc1F. The maximum Gasteiger partial charge on any atom is 0.491 e. The molecule has 0 aromatic heterocycles. The van der Waals surface area contributed by atoms with Crippen LogP contribution in [0, 0.1) is 5.82 Å². The van der Waals surface area contributed by atoms with Gasteiger partial charge in [-0.15, -0.1) is 0 Å². The molecule has 0 radical (unpaired) electrons. The van der Waals surface area contributed by atoms with Crippen LogP contribution in [0.2, 0.25) is 0 Å². The lowest BCUT2D eigenvalue weighted by atomic mass is 9.80. The molecule has 0 unspecified atom stereocenters. The summed E-state index contributed by atoms with van der Waals surface area (Å²) in [5, 5.41) is 17.9. The van der Waals surface area contributed by atoms with Crippen molar-refractivity contribution < 1.29 is 19.2 Å². The van der Waals surface area contributed by atoms with Crippen molar-refractivity contribution >= 4 is 12.6 Å². The second-order valence-corrected chi connectivity index (χ2v) is 4.08. The molecule has 5 heteroatoms. The minimum atomic E-state index is -1.80. The van der Waals surface area contributed by atoms with E-state index < -0.39 is 12.9 Å². The largest absolute Gasteiger partial charge is 0.491 e. The van der Waals surface area contributed by atoms with Gasteiger partial charge in [0.2, 0.25) is 0 Å². The molecule has 1 aromatic rings. The van der Waals surface area contributed by atoms with Crippen molar-refractivity contribution in [3.8, 4) is 5.75 Å². The Morgan fingerprint density at radius 2 is 1.94 bits per heavy atom. The van der Waals surface area contributed by atoms with Crippen LogP contribution in [0.1, 0.15) is 25.7 Å². The van der Waals surface area contributed by atoms with Gasteiger partial charge in [0.25, 0.3) is 0 Å². The summed E-state index contributed by atoms with van der Waals surface area (Å²) in [6.45, 7) is 0. The van der Waals surface area contributed by atoms with Gasteiger partial charge >= 0.3 is 7.12 Å². The molecule has 0 heterocycles. The zero-order valence-electron chi connectivity index (χ0n) is 8.90. The molecular formula is C11H14BFO3. The fourth-order valence-electron chi connectivity index (χ4n) is 1.99. The van der Waals surface area contributed by atoms with Gasteiger partial charge < -0.3 is 14.8 Å². The molecule has 0 saturated heterocycles. The molecule has 0 spiro atoms. The van der Waals surface area contributed by atoms with Crippen LogP contribution < -0.4 is 10.2 Å². The molecule has 1 saturated carbocycles. The van der Waals surface area contributed by atoms with Gasteiger partial charge in [0.05, 0.1) is 6.10 Å². The molecule has 0 bridgehead atoms. The Morgan fingerprint density at radius 1 is 1.25 bits per heavy atom. The predicted molar refractivity (Wildman–Crippen MR) is 59.1 cm³/mol. The minimum absolute atomic E-state index is 0.143. The lowest BCUT2D eigenvalue weighted by Gasteiger charge is -2.14. The summed E-state index contributed by atoms with van der Waals surface area (Å²) in [4.78, 5) is 0. The Hall–Kier alpha value is -1.07. The van der Waals surface area contributed by atoms with Crippen molar-refractivity contribution in [2.45, 2.75) is 31.8 Å². The Kier molecular flexibility index (Phi) is 3.46. The Morgan fingerprint density at radius 3 is 2.56 bits per heavy atom. The van der Waals surface area contributed by atoms with Gasteiger partial charge in [0.1, 0.15) is 11.6 Å². The van der Waals surface area contributed by atoms with E-state index in [9.17, 15) is 4.39 Å². The summed E-state index contributed by atoms with van der Waals surface area (Å²) in [6.07, 6.45) is 4.50. The van der Waals surface area contributed by atoms with Crippen molar-refractivity contribution in [3.05, 3.63) is 24.0 Å². The van der Waals surface area contributed by atoms with Crippen molar-refractivity contribution in [1.29, 1.82) is 0 Å². The van der Waals surface area contributed by atoms with Crippen LogP contribution in [0.5, 0.6) is 5.75 Å². The van der Waals surface area contributed by atoms with E-state index in [0.29, 0.717) is 5.75 Å². The summed E-state index contributed by atoms with van der Waals surface area (Å²) in [6, 6.07) is 4.05. The van der Waals surface area contributed by atoms with Crippen molar-refractivity contribution in [3.63, 3.8) is 0 Å². The maximum absolute atomic E-state index is 13.2. The van der Waals surface area contributed by atoms with Crippen LogP contribution in [0.3, 0.4) is 0 Å². The summed E-state index contributed by atoms with van der Waals surface area (Å²) in [7, 11) is -1.80. The molecule has 0 amide bonds. The maximum atomic E-state index is 13.2. The molecule has 2 rings (SSSR count). The van der Waals surface area contributed by atoms with Crippen molar-refractivity contribution in [2.24, 2.45) is 0 Å². The fourth-order valence-corrected chi connectivity index (χ4v) is 1.99. The van der Waals surface area contributed by atoms with E-state index in [0.717, 1.165) is 25.7 Å². The monoisotopic (exact) mass is 224 g/mol. The lowest BCUT2D eigenvalue weighted by Crippen LogP contribution is -2.32. The van der Waals surface area contributed by atoms with Gasteiger partial charge in [-0.25, -0.2) is 4.39 Å². The number of halogens is 1. The highest BCUT2D eigenvalue weighted by Crippen LogP contribution is 2.23. The molecule has 16 heavy (non-hydrogen) atoms. The lowest BCUT2D eigenvalue weighted by molar-refractivity contribution is 0.210. The average Bonchev–Trinajstić information content (AvgIpc) is 2.73. The first-order chi connectivity index (χ1) is 7.66. The average molecular weight is 224 g/mol. The van der Waals surface area contributed by atoms with E-state index >= 15 is 0 Å². The Labute approximate surface area is 94.0 Å². The van der Waals surface area contributed by atoms with Gasteiger partial charge in [-0.3, -0.25) is 0 Å². The van der Waals surface area contributed by atoms with E-state index in [1.807, 2.05) is 0 Å². The smallest absolute Gasteiger partial charge is 0.490 e. The minimum Gasteiger partial charge on any atom is -0.490 e. The number of ether oxygens (including phenoxy) is 1. The first kappa shape index (κ1) is 11.4. The number of hydrogen-bond acceptors (Lipinski definition) is 3. The van der Waals surface area contributed by atoms with Crippen molar-refractivity contribution in [1.82, 2.24) is 0 Å². The quantitative estimate of drug-likeness (QED) is 0.747. The topological polar surface area (TPSA) is 49.7 Å². The van der Waals surface area contributed by atoms with Gasteiger partial charge in [-0.2, -0.15) is 0 Å². The standard InChI is InChI=1S/C11H14BFO3/c13-11-6-5-9(7-10(11)12(14)15)16-8-3-1-2-4-8/h5-8,14-15H,1-4H2. The third-order valence-electron chi connectivity index (χ3n) is 2.85. The summed E-state index contributed by atoms with van der Waals surface area (Å²) in [5.74, 6) is -0.134. The van der Waals surface area contributed by atoms with Crippen LogP contribution in [-0.4, -0.2) is 23.3 Å². The summed E-state index contributed by atoms with van der Waals surface area (Å²) >= 11 is 0. The molecule has 0 aliphatic heterocycles. The summed E-state index contributed by atoms with van der Waals surface area (Å²) < 4.78 is 18.8. The summed E-state index contributed by atoms with van der Waals surface area (Å²) in [5.41, 5.74) is -0.143. The van der Waals surface area contributed by atoms with Crippen LogP contribution in [0.15, 0.2) is 18.2 Å². The van der Waals surface area contributed by atoms with E-state index in [1.54, 1.807) is 0 Å². The molecule has 3 nitrogen and oxygen atoms in total. The van der Waals surface area contributed by atoms with E-state index in [2.05, 4.69) is 0 Å². The number of hydrogen-bond donors (Lipinski definition) is 2. The molecule has 1 fully saturated rings. The molecule has 0 atom stereocenters. The van der Waals surface area contributed by atoms with Crippen LogP contribution in [-0.2, 0) is 0 Å². The first-order valence-electron chi connectivity index (χ1n) is 5.49. The van der Waals surface area contributed by atoms with Gasteiger partial charge in [-0.1, -0.05) is 0 Å². The highest BCUT2D eigenvalue weighted by molar-refractivity contribution is 6.58. The third-order valence-corrected chi connectivity index (χ3v) is 2.85. The number of benzene rings is 1. The highest BCUT2D eigenvalue weighted by atomic mass is 19.1. The van der Waals surface area contributed by atoms with Crippen LogP contribution >= 0.6 is 0 Å². The van der Waals surface area contributed by atoms with E-state index in [-0.39, 0.29) is 11.6 Å². The second kappa shape index (κ2) is 4.85. The zero-order chi connectivity index (χ0) is 11.5. The molecular weight excluding hydrogens is 210 g/mol. The Balaban J connectivity index is 2.12. The molecule has 1 aliphatic carbocycles. The molecule has 86 valence electrons. The van der Waals surface area contributed by atoms with Gasteiger partial charge in [0, 0.05) is 5.46 Å². The normalized spacial score (nSPS) is 16.4. The van der Waals surface area contributed by atoms with Gasteiger partial charge in [0.15, 0.2) is 0 Å². The predicted octanol–water partition coefficient (Wildman–Crippen LogP) is 0.827. The zero-order valence-corrected chi connectivity index (χ0v) is 8.90. The van der Waals surface area contributed by atoms with Crippen LogP contribution in [0.4, 0.5) is 4.39 Å². The highest BCUT2D eigenvalue weighted by Gasteiger charge is 2.20. The molecule has 1 aliphatic rings. The van der Waals surface area contributed by atoms with Gasteiger partial charge in [-0.05, 0) is 43.9 Å². The Bertz CT molecular complexity index is 364. The van der Waals surface area contributed by atoms with Crippen LogP contribution in [0.25, 0.3) is 0 Å². The second-order valence-electron chi connectivity index (χ2n) is 4.08. The fraction of sp³-hybridized carbons (Fsp3) is 0.455. The third kappa shape index (κ3) is 2.54.